The number of carbonyl (C=O) groups is 1. The fourth-order valence-corrected chi connectivity index (χ4v) is 2.43. The molecule has 0 radical (unpaired) electrons. The topological polar surface area (TPSA) is 55.1 Å². The lowest BCUT2D eigenvalue weighted by Crippen LogP contribution is -2.55. The molecule has 3 heteroatoms. The maximum atomic E-state index is 12.0. The highest BCUT2D eigenvalue weighted by atomic mass is 16.2. The molecule has 3 N–H and O–H groups in total. The van der Waals surface area contributed by atoms with E-state index in [9.17, 15) is 4.79 Å². The van der Waals surface area contributed by atoms with Crippen LogP contribution in [0.2, 0.25) is 0 Å². The Balaban J connectivity index is 1.90. The summed E-state index contributed by atoms with van der Waals surface area (Å²) in [6, 6.07) is 0.354. The van der Waals surface area contributed by atoms with E-state index < -0.39 is 5.54 Å². The van der Waals surface area contributed by atoms with E-state index in [-0.39, 0.29) is 5.91 Å². The van der Waals surface area contributed by atoms with Crippen LogP contribution in [0, 0.1) is 5.41 Å². The number of hydrogen-bond donors (Lipinski definition) is 2. The Morgan fingerprint density at radius 1 is 1.27 bits per heavy atom. The summed E-state index contributed by atoms with van der Waals surface area (Å²) in [7, 11) is 0. The second kappa shape index (κ2) is 3.48. The number of amides is 1. The van der Waals surface area contributed by atoms with Crippen molar-refractivity contribution in [2.24, 2.45) is 11.1 Å². The zero-order valence-corrected chi connectivity index (χ0v) is 9.81. The third kappa shape index (κ3) is 2.17. The Morgan fingerprint density at radius 3 is 2.27 bits per heavy atom. The number of rotatable bonds is 2. The van der Waals surface area contributed by atoms with E-state index in [4.69, 9.17) is 5.73 Å². The van der Waals surface area contributed by atoms with E-state index in [1.165, 1.54) is 6.42 Å². The van der Waals surface area contributed by atoms with Crippen molar-refractivity contribution in [3.05, 3.63) is 0 Å². The van der Waals surface area contributed by atoms with Crippen molar-refractivity contribution < 1.29 is 4.79 Å². The summed E-state index contributed by atoms with van der Waals surface area (Å²) in [4.78, 5) is 12.0. The zero-order chi connectivity index (χ0) is 11.1. The zero-order valence-electron chi connectivity index (χ0n) is 9.81. The second-order valence-electron chi connectivity index (χ2n) is 5.94. The van der Waals surface area contributed by atoms with Gasteiger partial charge in [-0.2, -0.15) is 0 Å². The van der Waals surface area contributed by atoms with Crippen LogP contribution in [0.3, 0.4) is 0 Å². The molecule has 2 saturated carbocycles. The van der Waals surface area contributed by atoms with Crippen molar-refractivity contribution in [1.29, 1.82) is 0 Å². The van der Waals surface area contributed by atoms with Crippen molar-refractivity contribution in [1.82, 2.24) is 5.32 Å². The standard InChI is InChI=1S/C12H22N2O/c1-11(2)8-9(11)14-10(15)12(13)6-4-3-5-7-12/h9H,3-8,13H2,1-2H3,(H,14,15). The normalized spacial score (nSPS) is 32.1. The minimum Gasteiger partial charge on any atom is -0.351 e. The predicted molar refractivity (Wildman–Crippen MR) is 60.3 cm³/mol. The first-order chi connectivity index (χ1) is 6.94. The van der Waals surface area contributed by atoms with Gasteiger partial charge in [0.15, 0.2) is 0 Å². The molecule has 2 rings (SSSR count). The van der Waals surface area contributed by atoms with Crippen LogP contribution in [0.15, 0.2) is 0 Å². The first kappa shape index (κ1) is 10.9. The number of nitrogens with one attached hydrogen (secondary N) is 1. The molecule has 0 bridgehead atoms. The van der Waals surface area contributed by atoms with Crippen LogP contribution in [0.25, 0.3) is 0 Å². The number of carbonyl (C=O) groups excluding carboxylic acids is 1. The van der Waals surface area contributed by atoms with Crippen molar-refractivity contribution >= 4 is 5.91 Å². The summed E-state index contributed by atoms with van der Waals surface area (Å²) in [6.07, 6.45) is 6.21. The van der Waals surface area contributed by atoms with Gasteiger partial charge in [-0.25, -0.2) is 0 Å². The van der Waals surface area contributed by atoms with Crippen LogP contribution in [0.5, 0.6) is 0 Å². The molecule has 86 valence electrons. The lowest BCUT2D eigenvalue weighted by atomic mass is 9.82. The third-order valence-corrected chi connectivity index (χ3v) is 4.02. The van der Waals surface area contributed by atoms with Gasteiger partial charge < -0.3 is 11.1 Å². The first-order valence-electron chi connectivity index (χ1n) is 6.04. The van der Waals surface area contributed by atoms with E-state index in [0.717, 1.165) is 32.1 Å². The quantitative estimate of drug-likeness (QED) is 0.726. The van der Waals surface area contributed by atoms with Gasteiger partial charge in [-0.15, -0.1) is 0 Å². The Labute approximate surface area is 91.8 Å². The van der Waals surface area contributed by atoms with Crippen LogP contribution < -0.4 is 11.1 Å². The van der Waals surface area contributed by atoms with Crippen molar-refractivity contribution in [3.63, 3.8) is 0 Å². The summed E-state index contributed by atoms with van der Waals surface area (Å²) < 4.78 is 0. The summed E-state index contributed by atoms with van der Waals surface area (Å²) in [5.74, 6) is 0.0813. The van der Waals surface area contributed by atoms with E-state index in [2.05, 4.69) is 19.2 Å². The summed E-state index contributed by atoms with van der Waals surface area (Å²) in [5.41, 5.74) is 5.88. The lowest BCUT2D eigenvalue weighted by molar-refractivity contribution is -0.127. The van der Waals surface area contributed by atoms with Gasteiger partial charge in [0.25, 0.3) is 0 Å². The number of nitrogens with two attached hydrogens (primary N) is 1. The molecule has 0 aromatic carbocycles. The molecular weight excluding hydrogens is 188 g/mol. The van der Waals surface area contributed by atoms with Crippen molar-refractivity contribution in [2.45, 2.75) is 64.0 Å². The van der Waals surface area contributed by atoms with Crippen molar-refractivity contribution in [3.8, 4) is 0 Å². The maximum absolute atomic E-state index is 12.0. The number of hydrogen-bond acceptors (Lipinski definition) is 2. The Kier molecular flexibility index (Phi) is 2.53. The van der Waals surface area contributed by atoms with E-state index in [1.807, 2.05) is 0 Å². The van der Waals surface area contributed by atoms with Gasteiger partial charge in [0.1, 0.15) is 0 Å². The van der Waals surface area contributed by atoms with Crippen molar-refractivity contribution in [2.75, 3.05) is 0 Å². The Hall–Kier alpha value is -0.570. The van der Waals surface area contributed by atoms with Gasteiger partial charge in [0, 0.05) is 6.04 Å². The largest absolute Gasteiger partial charge is 0.351 e. The predicted octanol–water partition coefficient (Wildman–Crippen LogP) is 1.56. The molecule has 0 spiro atoms. The van der Waals surface area contributed by atoms with E-state index in [0.29, 0.717) is 11.5 Å². The summed E-state index contributed by atoms with van der Waals surface area (Å²) in [5, 5.41) is 3.09. The van der Waals surface area contributed by atoms with Crippen LogP contribution in [-0.4, -0.2) is 17.5 Å². The molecule has 1 amide bonds. The molecule has 0 aliphatic heterocycles. The Bertz CT molecular complexity index is 267. The highest BCUT2D eigenvalue weighted by Crippen LogP contribution is 2.45. The van der Waals surface area contributed by atoms with E-state index >= 15 is 0 Å². The molecule has 0 heterocycles. The molecule has 2 aliphatic carbocycles. The molecule has 0 aromatic heterocycles. The minimum atomic E-state index is -0.572. The van der Waals surface area contributed by atoms with Gasteiger partial charge in [-0.1, -0.05) is 33.1 Å². The fourth-order valence-electron chi connectivity index (χ4n) is 2.43. The molecule has 1 atom stereocenters. The highest BCUT2D eigenvalue weighted by molar-refractivity contribution is 5.86. The van der Waals surface area contributed by atoms with Gasteiger partial charge in [-0.3, -0.25) is 4.79 Å². The maximum Gasteiger partial charge on any atom is 0.240 e. The molecule has 0 saturated heterocycles. The smallest absolute Gasteiger partial charge is 0.240 e. The average molecular weight is 210 g/mol. The third-order valence-electron chi connectivity index (χ3n) is 4.02. The monoisotopic (exact) mass is 210 g/mol. The average Bonchev–Trinajstić information content (AvgIpc) is 2.75. The van der Waals surface area contributed by atoms with Crippen LogP contribution >= 0.6 is 0 Å². The molecule has 2 aliphatic rings. The molecule has 1 unspecified atom stereocenters. The van der Waals surface area contributed by atoms with Crippen LogP contribution in [0.4, 0.5) is 0 Å². The first-order valence-corrected chi connectivity index (χ1v) is 6.04. The van der Waals surface area contributed by atoms with Crippen LogP contribution in [0.1, 0.15) is 52.4 Å². The molecule has 15 heavy (non-hydrogen) atoms. The minimum absolute atomic E-state index is 0.0813. The summed E-state index contributed by atoms with van der Waals surface area (Å²) in [6.45, 7) is 4.37. The highest BCUT2D eigenvalue weighted by Gasteiger charge is 2.48. The molecule has 3 nitrogen and oxygen atoms in total. The van der Waals surface area contributed by atoms with E-state index in [1.54, 1.807) is 0 Å². The van der Waals surface area contributed by atoms with Gasteiger partial charge in [0.05, 0.1) is 5.54 Å². The van der Waals surface area contributed by atoms with Crippen LogP contribution in [-0.2, 0) is 4.79 Å². The second-order valence-corrected chi connectivity index (χ2v) is 5.94. The fraction of sp³-hybridized carbons (Fsp3) is 0.917. The van der Waals surface area contributed by atoms with Gasteiger partial charge >= 0.3 is 0 Å². The molecular formula is C12H22N2O. The van der Waals surface area contributed by atoms with Gasteiger partial charge in [-0.05, 0) is 24.7 Å². The molecule has 2 fully saturated rings. The molecule has 0 aromatic rings. The summed E-state index contributed by atoms with van der Waals surface area (Å²) >= 11 is 0. The lowest BCUT2D eigenvalue weighted by Gasteiger charge is -2.32. The Morgan fingerprint density at radius 2 is 1.80 bits per heavy atom. The SMILES string of the molecule is CC1(C)CC1NC(=O)C1(N)CCCCC1. The van der Waals surface area contributed by atoms with Gasteiger partial charge in [0.2, 0.25) is 5.91 Å².